The minimum atomic E-state index is -1.12. The molecule has 2 N–H and O–H groups in total. The van der Waals surface area contributed by atoms with Crippen molar-refractivity contribution in [2.45, 2.75) is 25.9 Å². The minimum Gasteiger partial charge on any atom is -0.480 e. The minimum absolute atomic E-state index is 0.378. The lowest BCUT2D eigenvalue weighted by molar-refractivity contribution is -0.138. The van der Waals surface area contributed by atoms with Crippen LogP contribution in [0.2, 0.25) is 0 Å². The van der Waals surface area contributed by atoms with Crippen molar-refractivity contribution in [2.75, 3.05) is 7.05 Å². The van der Waals surface area contributed by atoms with E-state index < -0.39 is 29.9 Å². The SMILES string of the molecule is CC(NC(=O)N(C)C(C)c1ccccc1F)C(=O)O. The number of hydrogen-bond donors (Lipinski definition) is 2. The van der Waals surface area contributed by atoms with Crippen molar-refractivity contribution < 1.29 is 19.1 Å². The molecule has 0 saturated carbocycles. The van der Waals surface area contributed by atoms with Crippen molar-refractivity contribution >= 4 is 12.0 Å². The van der Waals surface area contributed by atoms with Crippen LogP contribution in [-0.2, 0) is 4.79 Å². The van der Waals surface area contributed by atoms with Gasteiger partial charge in [0.2, 0.25) is 0 Å². The van der Waals surface area contributed by atoms with E-state index >= 15 is 0 Å². The second kappa shape index (κ2) is 6.17. The Labute approximate surface area is 111 Å². The van der Waals surface area contributed by atoms with Crippen LogP contribution >= 0.6 is 0 Å². The summed E-state index contributed by atoms with van der Waals surface area (Å²) in [4.78, 5) is 23.7. The van der Waals surface area contributed by atoms with E-state index in [4.69, 9.17) is 5.11 Å². The van der Waals surface area contributed by atoms with Gasteiger partial charge < -0.3 is 15.3 Å². The van der Waals surface area contributed by atoms with E-state index in [-0.39, 0.29) is 0 Å². The molecule has 0 aromatic heterocycles. The average molecular weight is 268 g/mol. The number of carbonyl (C=O) groups excluding carboxylic acids is 1. The smallest absolute Gasteiger partial charge is 0.325 e. The zero-order valence-corrected chi connectivity index (χ0v) is 11.1. The van der Waals surface area contributed by atoms with Crippen molar-refractivity contribution in [2.24, 2.45) is 0 Å². The summed E-state index contributed by atoms with van der Waals surface area (Å²) < 4.78 is 13.6. The number of carbonyl (C=O) groups is 2. The molecule has 0 aliphatic carbocycles. The fraction of sp³-hybridized carbons (Fsp3) is 0.385. The molecule has 0 radical (unpaired) electrons. The van der Waals surface area contributed by atoms with Crippen LogP contribution in [0.5, 0.6) is 0 Å². The van der Waals surface area contributed by atoms with E-state index in [0.29, 0.717) is 5.56 Å². The molecule has 5 nitrogen and oxygen atoms in total. The molecule has 6 heteroatoms. The van der Waals surface area contributed by atoms with Crippen molar-refractivity contribution in [1.29, 1.82) is 0 Å². The second-order valence-corrected chi connectivity index (χ2v) is 4.32. The first-order chi connectivity index (χ1) is 8.84. The summed E-state index contributed by atoms with van der Waals surface area (Å²) in [5.74, 6) is -1.53. The third-order valence-corrected chi connectivity index (χ3v) is 2.97. The first-order valence-corrected chi connectivity index (χ1v) is 5.85. The van der Waals surface area contributed by atoms with E-state index in [1.807, 2.05) is 0 Å². The molecule has 0 aliphatic rings. The van der Waals surface area contributed by atoms with Crippen LogP contribution in [0.4, 0.5) is 9.18 Å². The number of carboxylic acid groups (broad SMARTS) is 1. The highest BCUT2D eigenvalue weighted by Crippen LogP contribution is 2.21. The lowest BCUT2D eigenvalue weighted by atomic mass is 10.1. The fourth-order valence-corrected chi connectivity index (χ4v) is 1.55. The number of rotatable bonds is 4. The molecule has 0 saturated heterocycles. The van der Waals surface area contributed by atoms with Crippen LogP contribution in [0.15, 0.2) is 24.3 Å². The summed E-state index contributed by atoms with van der Waals surface area (Å²) in [5, 5.41) is 11.0. The quantitative estimate of drug-likeness (QED) is 0.877. The molecule has 2 unspecified atom stereocenters. The summed E-state index contributed by atoms with van der Waals surface area (Å²) in [5.41, 5.74) is 0.378. The molecule has 0 heterocycles. The van der Waals surface area contributed by atoms with E-state index in [2.05, 4.69) is 5.32 Å². The summed E-state index contributed by atoms with van der Waals surface area (Å²) in [7, 11) is 1.49. The maximum Gasteiger partial charge on any atom is 0.325 e. The molecule has 0 spiro atoms. The molecule has 1 aromatic carbocycles. The first kappa shape index (κ1) is 14.9. The zero-order chi connectivity index (χ0) is 14.6. The lowest BCUT2D eigenvalue weighted by Crippen LogP contribution is -2.46. The zero-order valence-electron chi connectivity index (χ0n) is 11.1. The van der Waals surface area contributed by atoms with Crippen LogP contribution in [0, 0.1) is 5.82 Å². The molecular weight excluding hydrogens is 251 g/mol. The third kappa shape index (κ3) is 3.67. The normalized spacial score (nSPS) is 13.5. The number of carboxylic acids is 1. The lowest BCUT2D eigenvalue weighted by Gasteiger charge is -2.26. The van der Waals surface area contributed by atoms with Crippen molar-refractivity contribution in [3.8, 4) is 0 Å². The van der Waals surface area contributed by atoms with Crippen molar-refractivity contribution in [3.05, 3.63) is 35.6 Å². The van der Waals surface area contributed by atoms with E-state index in [9.17, 15) is 14.0 Å². The van der Waals surface area contributed by atoms with Crippen molar-refractivity contribution in [3.63, 3.8) is 0 Å². The Bertz CT molecular complexity index is 479. The number of nitrogens with zero attached hydrogens (tertiary/aromatic N) is 1. The van der Waals surface area contributed by atoms with E-state index in [0.717, 1.165) is 0 Å². The molecule has 2 atom stereocenters. The maximum atomic E-state index is 13.6. The summed E-state index contributed by atoms with van der Waals surface area (Å²) in [6, 6.07) is 4.09. The topological polar surface area (TPSA) is 69.6 Å². The standard InChI is InChI=1S/C13H17FN2O3/c1-8(12(17)18)15-13(19)16(3)9(2)10-6-4-5-7-11(10)14/h4-9H,1-3H3,(H,15,19)(H,17,18). The predicted octanol–water partition coefficient (Wildman–Crippen LogP) is 2.00. The van der Waals surface area contributed by atoms with Gasteiger partial charge >= 0.3 is 12.0 Å². The molecule has 1 rings (SSSR count). The number of aliphatic carboxylic acids is 1. The van der Waals surface area contributed by atoms with E-state index in [1.165, 1.54) is 24.9 Å². The van der Waals surface area contributed by atoms with Gasteiger partial charge in [-0.15, -0.1) is 0 Å². The van der Waals surface area contributed by atoms with Gasteiger partial charge in [0.25, 0.3) is 0 Å². The predicted molar refractivity (Wildman–Crippen MR) is 68.2 cm³/mol. The average Bonchev–Trinajstić information content (AvgIpc) is 2.37. The number of nitrogens with one attached hydrogen (secondary N) is 1. The van der Waals surface area contributed by atoms with Gasteiger partial charge in [0, 0.05) is 12.6 Å². The van der Waals surface area contributed by atoms with Crippen LogP contribution in [0.3, 0.4) is 0 Å². The molecule has 0 fully saturated rings. The molecule has 19 heavy (non-hydrogen) atoms. The van der Waals surface area contributed by atoms with Gasteiger partial charge in [-0.3, -0.25) is 4.79 Å². The Balaban J connectivity index is 2.77. The Hall–Kier alpha value is -2.11. The monoisotopic (exact) mass is 268 g/mol. The van der Waals surface area contributed by atoms with Gasteiger partial charge in [-0.05, 0) is 19.9 Å². The largest absolute Gasteiger partial charge is 0.480 e. The number of halogens is 1. The van der Waals surface area contributed by atoms with Crippen LogP contribution in [0.25, 0.3) is 0 Å². The summed E-state index contributed by atoms with van der Waals surface area (Å²) in [6.07, 6.45) is 0. The number of urea groups is 1. The third-order valence-electron chi connectivity index (χ3n) is 2.97. The Kier molecular flexibility index (Phi) is 4.86. The van der Waals surface area contributed by atoms with Crippen LogP contribution in [-0.4, -0.2) is 35.1 Å². The Morgan fingerprint density at radius 3 is 2.42 bits per heavy atom. The van der Waals surface area contributed by atoms with Gasteiger partial charge in [0.15, 0.2) is 0 Å². The van der Waals surface area contributed by atoms with Crippen LogP contribution in [0.1, 0.15) is 25.5 Å². The Morgan fingerprint density at radius 2 is 1.89 bits per heavy atom. The molecule has 0 bridgehead atoms. The maximum absolute atomic E-state index is 13.6. The highest BCUT2D eigenvalue weighted by Gasteiger charge is 2.22. The van der Waals surface area contributed by atoms with Gasteiger partial charge in [0.1, 0.15) is 11.9 Å². The van der Waals surface area contributed by atoms with Crippen LogP contribution < -0.4 is 5.32 Å². The molecule has 0 aliphatic heterocycles. The van der Waals surface area contributed by atoms with Gasteiger partial charge in [-0.25, -0.2) is 9.18 Å². The van der Waals surface area contributed by atoms with Gasteiger partial charge in [-0.2, -0.15) is 0 Å². The summed E-state index contributed by atoms with van der Waals surface area (Å²) >= 11 is 0. The first-order valence-electron chi connectivity index (χ1n) is 5.85. The number of benzene rings is 1. The number of hydrogen-bond acceptors (Lipinski definition) is 2. The fourth-order valence-electron chi connectivity index (χ4n) is 1.55. The second-order valence-electron chi connectivity index (χ2n) is 4.32. The molecule has 2 amide bonds. The van der Waals surface area contributed by atoms with Gasteiger partial charge in [-0.1, -0.05) is 18.2 Å². The highest BCUT2D eigenvalue weighted by atomic mass is 19.1. The summed E-state index contributed by atoms with van der Waals surface area (Å²) in [6.45, 7) is 3.03. The van der Waals surface area contributed by atoms with E-state index in [1.54, 1.807) is 25.1 Å². The van der Waals surface area contributed by atoms with Gasteiger partial charge in [0.05, 0.1) is 6.04 Å². The number of amides is 2. The molecule has 1 aromatic rings. The Morgan fingerprint density at radius 1 is 1.32 bits per heavy atom. The molecular formula is C13H17FN2O3. The van der Waals surface area contributed by atoms with Crippen molar-refractivity contribution in [1.82, 2.24) is 10.2 Å². The highest BCUT2D eigenvalue weighted by molar-refractivity contribution is 5.82. The molecule has 104 valence electrons.